The molecule has 0 spiro atoms. The molecule has 1 aliphatic carbocycles. The fourth-order valence-electron chi connectivity index (χ4n) is 3.01. The Bertz CT molecular complexity index is 596. The summed E-state index contributed by atoms with van der Waals surface area (Å²) in [6.07, 6.45) is 4.50. The molecule has 1 saturated carbocycles. The predicted octanol–water partition coefficient (Wildman–Crippen LogP) is 2.62. The monoisotopic (exact) mass is 263 g/mol. The van der Waals surface area contributed by atoms with Crippen LogP contribution in [-0.4, -0.2) is 20.8 Å². The Balaban J connectivity index is 2.10. The quantitative estimate of drug-likeness (QED) is 0.777. The molecule has 19 heavy (non-hydrogen) atoms. The van der Waals surface area contributed by atoms with Gasteiger partial charge in [0.15, 0.2) is 0 Å². The molecule has 2 aromatic rings. The molecule has 102 valence electrons. The highest BCUT2D eigenvalue weighted by molar-refractivity contribution is 5.78. The molecule has 5 heteroatoms. The molecule has 2 atom stereocenters. The molecule has 1 aliphatic rings. The molecule has 0 radical (unpaired) electrons. The first kappa shape index (κ1) is 12.4. The van der Waals surface area contributed by atoms with Gasteiger partial charge in [-0.05, 0) is 25.0 Å². The Morgan fingerprint density at radius 3 is 2.89 bits per heavy atom. The van der Waals surface area contributed by atoms with Crippen molar-refractivity contribution in [1.29, 1.82) is 0 Å². The number of imidazole rings is 1. The SMILES string of the molecule is Nc1nc2cc(F)ccc2n1C1CCCCCC1O. The van der Waals surface area contributed by atoms with Gasteiger partial charge in [0, 0.05) is 6.07 Å². The number of rotatable bonds is 1. The summed E-state index contributed by atoms with van der Waals surface area (Å²) in [5.41, 5.74) is 7.31. The highest BCUT2D eigenvalue weighted by atomic mass is 19.1. The highest BCUT2D eigenvalue weighted by Gasteiger charge is 2.26. The van der Waals surface area contributed by atoms with Gasteiger partial charge in [-0.1, -0.05) is 19.3 Å². The van der Waals surface area contributed by atoms with Gasteiger partial charge in [0.2, 0.25) is 5.95 Å². The van der Waals surface area contributed by atoms with E-state index in [0.717, 1.165) is 37.6 Å². The molecular formula is C14H18FN3O. The van der Waals surface area contributed by atoms with Gasteiger partial charge >= 0.3 is 0 Å². The number of hydrogen-bond acceptors (Lipinski definition) is 3. The van der Waals surface area contributed by atoms with Crippen molar-refractivity contribution in [3.8, 4) is 0 Å². The normalized spacial score (nSPS) is 24.5. The van der Waals surface area contributed by atoms with Crippen LogP contribution in [0.2, 0.25) is 0 Å². The molecule has 3 rings (SSSR count). The lowest BCUT2D eigenvalue weighted by Gasteiger charge is -2.23. The Morgan fingerprint density at radius 1 is 1.26 bits per heavy atom. The number of nitrogen functional groups attached to an aromatic ring is 1. The second-order valence-electron chi connectivity index (χ2n) is 5.25. The van der Waals surface area contributed by atoms with Crippen molar-refractivity contribution < 1.29 is 9.50 Å². The van der Waals surface area contributed by atoms with Crippen molar-refractivity contribution in [3.63, 3.8) is 0 Å². The van der Waals surface area contributed by atoms with Crippen LogP contribution in [0, 0.1) is 5.82 Å². The third kappa shape index (κ3) is 2.18. The molecule has 4 nitrogen and oxygen atoms in total. The smallest absolute Gasteiger partial charge is 0.201 e. The zero-order chi connectivity index (χ0) is 13.4. The molecule has 1 heterocycles. The largest absolute Gasteiger partial charge is 0.391 e. The minimum Gasteiger partial charge on any atom is -0.391 e. The predicted molar refractivity (Wildman–Crippen MR) is 72.2 cm³/mol. The van der Waals surface area contributed by atoms with Gasteiger partial charge in [-0.25, -0.2) is 9.37 Å². The van der Waals surface area contributed by atoms with Gasteiger partial charge in [0.05, 0.1) is 23.2 Å². The molecular weight excluding hydrogens is 245 g/mol. The van der Waals surface area contributed by atoms with E-state index in [1.54, 1.807) is 6.07 Å². The number of hydrogen-bond donors (Lipinski definition) is 2. The third-order valence-corrected chi connectivity index (χ3v) is 3.95. The number of nitrogens with zero attached hydrogens (tertiary/aromatic N) is 2. The van der Waals surface area contributed by atoms with Crippen LogP contribution >= 0.6 is 0 Å². The average molecular weight is 263 g/mol. The first-order valence-electron chi connectivity index (χ1n) is 6.78. The lowest BCUT2D eigenvalue weighted by Crippen LogP contribution is -2.24. The summed E-state index contributed by atoms with van der Waals surface area (Å²) in [6, 6.07) is 4.41. The van der Waals surface area contributed by atoms with E-state index in [2.05, 4.69) is 4.98 Å². The van der Waals surface area contributed by atoms with Crippen molar-refractivity contribution in [2.75, 3.05) is 5.73 Å². The molecule has 1 fully saturated rings. The lowest BCUT2D eigenvalue weighted by atomic mass is 10.1. The second-order valence-corrected chi connectivity index (χ2v) is 5.25. The molecule has 0 bridgehead atoms. The summed E-state index contributed by atoms with van der Waals surface area (Å²) in [4.78, 5) is 4.20. The van der Waals surface area contributed by atoms with E-state index in [4.69, 9.17) is 5.73 Å². The zero-order valence-corrected chi connectivity index (χ0v) is 10.7. The molecule has 3 N–H and O–H groups in total. The molecule has 0 aliphatic heterocycles. The first-order valence-corrected chi connectivity index (χ1v) is 6.78. The highest BCUT2D eigenvalue weighted by Crippen LogP contribution is 2.32. The number of aliphatic hydroxyl groups is 1. The summed E-state index contributed by atoms with van der Waals surface area (Å²) in [5.74, 6) is 0.0325. The summed E-state index contributed by atoms with van der Waals surface area (Å²) >= 11 is 0. The maximum atomic E-state index is 13.2. The van der Waals surface area contributed by atoms with Crippen LogP contribution in [0.15, 0.2) is 18.2 Å². The van der Waals surface area contributed by atoms with E-state index in [9.17, 15) is 9.50 Å². The van der Waals surface area contributed by atoms with Crippen molar-refractivity contribution in [2.45, 2.75) is 44.2 Å². The van der Waals surface area contributed by atoms with Crippen molar-refractivity contribution >= 4 is 17.0 Å². The van der Waals surface area contributed by atoms with Crippen LogP contribution < -0.4 is 5.73 Å². The summed E-state index contributed by atoms with van der Waals surface area (Å²) in [5, 5.41) is 10.3. The Hall–Kier alpha value is -1.62. The second kappa shape index (κ2) is 4.81. The number of benzene rings is 1. The van der Waals surface area contributed by atoms with Gasteiger partial charge in [0.25, 0.3) is 0 Å². The molecule has 1 aromatic heterocycles. The van der Waals surface area contributed by atoms with E-state index < -0.39 is 6.10 Å². The van der Waals surface area contributed by atoms with Crippen LogP contribution in [0.4, 0.5) is 10.3 Å². The van der Waals surface area contributed by atoms with Crippen LogP contribution in [0.5, 0.6) is 0 Å². The average Bonchev–Trinajstić information content (AvgIpc) is 2.54. The number of fused-ring (bicyclic) bond motifs is 1. The standard InChI is InChI=1S/C14H18FN3O/c15-9-6-7-11-10(8-9)17-14(16)18(11)12-4-2-1-3-5-13(12)19/h6-8,12-13,19H,1-5H2,(H2,16,17). The van der Waals surface area contributed by atoms with Gasteiger partial charge < -0.3 is 15.4 Å². The summed E-state index contributed by atoms with van der Waals surface area (Å²) in [6.45, 7) is 0. The first-order chi connectivity index (χ1) is 9.16. The Morgan fingerprint density at radius 2 is 2.05 bits per heavy atom. The maximum absolute atomic E-state index is 13.2. The van der Waals surface area contributed by atoms with E-state index >= 15 is 0 Å². The Kier molecular flexibility index (Phi) is 3.14. The number of aliphatic hydroxyl groups excluding tert-OH is 1. The van der Waals surface area contributed by atoms with E-state index in [1.807, 2.05) is 4.57 Å². The molecule has 0 amide bonds. The van der Waals surface area contributed by atoms with Crippen molar-refractivity contribution in [3.05, 3.63) is 24.0 Å². The minimum atomic E-state index is -0.410. The van der Waals surface area contributed by atoms with Gasteiger partial charge in [-0.3, -0.25) is 0 Å². The number of nitrogens with two attached hydrogens (primary N) is 1. The fourth-order valence-corrected chi connectivity index (χ4v) is 3.01. The zero-order valence-electron chi connectivity index (χ0n) is 10.7. The third-order valence-electron chi connectivity index (χ3n) is 3.95. The van der Waals surface area contributed by atoms with Gasteiger partial charge in [-0.15, -0.1) is 0 Å². The number of aromatic nitrogens is 2. The van der Waals surface area contributed by atoms with Crippen molar-refractivity contribution in [1.82, 2.24) is 9.55 Å². The van der Waals surface area contributed by atoms with Crippen LogP contribution in [0.3, 0.4) is 0 Å². The van der Waals surface area contributed by atoms with Crippen molar-refractivity contribution in [2.24, 2.45) is 0 Å². The maximum Gasteiger partial charge on any atom is 0.201 e. The van der Waals surface area contributed by atoms with E-state index in [0.29, 0.717) is 11.5 Å². The van der Waals surface area contributed by atoms with Crippen LogP contribution in [-0.2, 0) is 0 Å². The van der Waals surface area contributed by atoms with Crippen LogP contribution in [0.25, 0.3) is 11.0 Å². The minimum absolute atomic E-state index is 0.0574. The lowest BCUT2D eigenvalue weighted by molar-refractivity contribution is 0.108. The topological polar surface area (TPSA) is 64.1 Å². The van der Waals surface area contributed by atoms with E-state index in [1.165, 1.54) is 12.1 Å². The number of anilines is 1. The van der Waals surface area contributed by atoms with Gasteiger partial charge in [0.1, 0.15) is 5.82 Å². The molecule has 0 saturated heterocycles. The molecule has 1 aromatic carbocycles. The van der Waals surface area contributed by atoms with Gasteiger partial charge in [-0.2, -0.15) is 0 Å². The number of halogens is 1. The van der Waals surface area contributed by atoms with E-state index in [-0.39, 0.29) is 11.9 Å². The Labute approximate surface area is 111 Å². The fraction of sp³-hybridized carbons (Fsp3) is 0.500. The summed E-state index contributed by atoms with van der Waals surface area (Å²) in [7, 11) is 0. The summed E-state index contributed by atoms with van der Waals surface area (Å²) < 4.78 is 15.1. The molecule has 2 unspecified atom stereocenters. The van der Waals surface area contributed by atoms with Crippen LogP contribution in [0.1, 0.15) is 38.1 Å².